The van der Waals surface area contributed by atoms with E-state index in [0.29, 0.717) is 5.56 Å². The molecule has 0 bridgehead atoms. The third-order valence-electron chi connectivity index (χ3n) is 2.69. The van der Waals surface area contributed by atoms with Gasteiger partial charge >= 0.3 is 0 Å². The number of benzene rings is 1. The number of rotatable bonds is 6. The van der Waals surface area contributed by atoms with Crippen LogP contribution in [0.4, 0.5) is 5.69 Å². The van der Waals surface area contributed by atoms with Crippen molar-refractivity contribution in [2.75, 3.05) is 39.1 Å². The Hall–Kier alpha value is -1.55. The van der Waals surface area contributed by atoms with Crippen molar-refractivity contribution in [1.82, 2.24) is 4.90 Å². The van der Waals surface area contributed by atoms with Crippen LogP contribution in [0, 0.1) is 0 Å². The molecule has 1 amide bonds. The summed E-state index contributed by atoms with van der Waals surface area (Å²) in [5.74, 6) is -0.383. The number of carbonyl (C=O) groups excluding carboxylic acids is 1. The Morgan fingerprint density at radius 2 is 1.71 bits per heavy atom. The van der Waals surface area contributed by atoms with E-state index in [2.05, 4.69) is 30.9 Å². The number of nitrogens with zero attached hydrogens (tertiary/aromatic N) is 2. The third-order valence-corrected chi connectivity index (χ3v) is 2.69. The molecule has 0 aliphatic carbocycles. The minimum Gasteiger partial charge on any atom is -0.375 e. The van der Waals surface area contributed by atoms with Gasteiger partial charge in [-0.1, -0.05) is 0 Å². The summed E-state index contributed by atoms with van der Waals surface area (Å²) in [5.41, 5.74) is 6.85. The van der Waals surface area contributed by atoms with Crippen LogP contribution >= 0.6 is 0 Å². The van der Waals surface area contributed by atoms with E-state index in [-0.39, 0.29) is 5.91 Å². The van der Waals surface area contributed by atoms with Crippen molar-refractivity contribution in [3.63, 3.8) is 0 Å². The Bertz CT molecular complexity index is 359. The number of anilines is 1. The topological polar surface area (TPSA) is 49.6 Å². The van der Waals surface area contributed by atoms with Crippen LogP contribution < -0.4 is 10.6 Å². The molecule has 0 saturated heterocycles. The zero-order valence-electron chi connectivity index (χ0n) is 10.8. The van der Waals surface area contributed by atoms with E-state index in [1.54, 1.807) is 12.1 Å². The van der Waals surface area contributed by atoms with Crippen LogP contribution in [0.1, 0.15) is 16.8 Å². The number of carbonyl (C=O) groups is 1. The maximum absolute atomic E-state index is 10.9. The lowest BCUT2D eigenvalue weighted by molar-refractivity contribution is 0.100. The molecule has 0 atom stereocenters. The normalized spacial score (nSPS) is 10.6. The summed E-state index contributed by atoms with van der Waals surface area (Å²) >= 11 is 0. The molecule has 1 aromatic rings. The van der Waals surface area contributed by atoms with Crippen molar-refractivity contribution in [3.05, 3.63) is 29.8 Å². The minimum atomic E-state index is -0.383. The average Bonchev–Trinajstić information content (AvgIpc) is 2.28. The Morgan fingerprint density at radius 3 is 2.18 bits per heavy atom. The van der Waals surface area contributed by atoms with Crippen molar-refractivity contribution in [1.29, 1.82) is 0 Å². The lowest BCUT2D eigenvalue weighted by Gasteiger charge is -2.20. The largest absolute Gasteiger partial charge is 0.375 e. The van der Waals surface area contributed by atoms with Crippen LogP contribution in [-0.4, -0.2) is 45.0 Å². The number of primary amides is 1. The van der Waals surface area contributed by atoms with Crippen LogP contribution in [0.2, 0.25) is 0 Å². The summed E-state index contributed by atoms with van der Waals surface area (Å²) in [6.45, 7) is 2.07. The fourth-order valence-electron chi connectivity index (χ4n) is 1.63. The van der Waals surface area contributed by atoms with Gasteiger partial charge in [-0.25, -0.2) is 0 Å². The molecule has 2 N–H and O–H groups in total. The molecule has 0 saturated carbocycles. The molecule has 17 heavy (non-hydrogen) atoms. The zero-order valence-corrected chi connectivity index (χ0v) is 10.8. The molecule has 0 spiro atoms. The maximum atomic E-state index is 10.9. The number of hydrogen-bond acceptors (Lipinski definition) is 3. The molecule has 94 valence electrons. The Morgan fingerprint density at radius 1 is 1.12 bits per heavy atom. The Labute approximate surface area is 103 Å². The first kappa shape index (κ1) is 13.5. The summed E-state index contributed by atoms with van der Waals surface area (Å²) < 4.78 is 0. The van der Waals surface area contributed by atoms with Gasteiger partial charge in [0.2, 0.25) is 5.91 Å². The van der Waals surface area contributed by atoms with Gasteiger partial charge in [-0.2, -0.15) is 0 Å². The molecule has 0 radical (unpaired) electrons. The Balaban J connectivity index is 2.51. The van der Waals surface area contributed by atoms with Gasteiger partial charge < -0.3 is 15.5 Å². The van der Waals surface area contributed by atoms with Crippen LogP contribution in [0.3, 0.4) is 0 Å². The fraction of sp³-hybridized carbons (Fsp3) is 0.462. The molecular formula is C13H21N3O. The van der Waals surface area contributed by atoms with Gasteiger partial charge in [0.05, 0.1) is 0 Å². The van der Waals surface area contributed by atoms with Gasteiger partial charge in [0.1, 0.15) is 0 Å². The van der Waals surface area contributed by atoms with E-state index in [9.17, 15) is 4.79 Å². The molecule has 4 nitrogen and oxygen atoms in total. The van der Waals surface area contributed by atoms with Crippen LogP contribution in [-0.2, 0) is 0 Å². The standard InChI is InChI=1S/C13H21N3O/c1-15(2)9-4-10-16(3)12-7-5-11(6-8-12)13(14)17/h5-8H,4,9-10H2,1-3H3,(H2,14,17). The Kier molecular flexibility index (Phi) is 4.97. The molecule has 0 aromatic heterocycles. The lowest BCUT2D eigenvalue weighted by atomic mass is 10.2. The predicted octanol–water partition coefficient (Wildman–Crippen LogP) is 1.17. The predicted molar refractivity (Wildman–Crippen MR) is 71.4 cm³/mol. The molecule has 0 aliphatic heterocycles. The summed E-state index contributed by atoms with van der Waals surface area (Å²) in [5, 5.41) is 0. The van der Waals surface area contributed by atoms with E-state index in [1.165, 1.54) is 0 Å². The minimum absolute atomic E-state index is 0.383. The second-order valence-electron chi connectivity index (χ2n) is 4.49. The second-order valence-corrected chi connectivity index (χ2v) is 4.49. The molecule has 0 fully saturated rings. The van der Waals surface area contributed by atoms with Crippen molar-refractivity contribution in [3.8, 4) is 0 Å². The second kappa shape index (κ2) is 6.25. The lowest BCUT2D eigenvalue weighted by Crippen LogP contribution is -2.23. The van der Waals surface area contributed by atoms with Crippen LogP contribution in [0.5, 0.6) is 0 Å². The number of hydrogen-bond donors (Lipinski definition) is 1. The van der Waals surface area contributed by atoms with Crippen molar-refractivity contribution < 1.29 is 4.79 Å². The summed E-state index contributed by atoms with van der Waals surface area (Å²) in [4.78, 5) is 15.3. The first-order chi connectivity index (χ1) is 8.00. The highest BCUT2D eigenvalue weighted by Crippen LogP contribution is 2.13. The smallest absolute Gasteiger partial charge is 0.248 e. The van der Waals surface area contributed by atoms with E-state index >= 15 is 0 Å². The van der Waals surface area contributed by atoms with E-state index in [1.807, 2.05) is 12.1 Å². The average molecular weight is 235 g/mol. The summed E-state index contributed by atoms with van der Waals surface area (Å²) in [7, 11) is 6.19. The molecule has 4 heteroatoms. The maximum Gasteiger partial charge on any atom is 0.248 e. The first-order valence-corrected chi connectivity index (χ1v) is 5.76. The number of nitrogens with two attached hydrogens (primary N) is 1. The highest BCUT2D eigenvalue weighted by atomic mass is 16.1. The van der Waals surface area contributed by atoms with E-state index in [0.717, 1.165) is 25.2 Å². The van der Waals surface area contributed by atoms with Gasteiger partial charge in [-0.05, 0) is 51.3 Å². The first-order valence-electron chi connectivity index (χ1n) is 5.76. The van der Waals surface area contributed by atoms with E-state index < -0.39 is 0 Å². The third kappa shape index (κ3) is 4.44. The van der Waals surface area contributed by atoms with Crippen molar-refractivity contribution in [2.24, 2.45) is 5.73 Å². The molecule has 0 aliphatic rings. The van der Waals surface area contributed by atoms with Gasteiger partial charge in [0.15, 0.2) is 0 Å². The quantitative estimate of drug-likeness (QED) is 0.805. The van der Waals surface area contributed by atoms with Crippen molar-refractivity contribution in [2.45, 2.75) is 6.42 Å². The summed E-state index contributed by atoms with van der Waals surface area (Å²) in [6, 6.07) is 7.38. The summed E-state index contributed by atoms with van der Waals surface area (Å²) in [6.07, 6.45) is 1.11. The molecule has 0 unspecified atom stereocenters. The van der Waals surface area contributed by atoms with Crippen LogP contribution in [0.25, 0.3) is 0 Å². The molecule has 1 rings (SSSR count). The SMILES string of the molecule is CN(C)CCCN(C)c1ccc(C(N)=O)cc1. The highest BCUT2D eigenvalue weighted by molar-refractivity contribution is 5.93. The monoisotopic (exact) mass is 235 g/mol. The fourth-order valence-corrected chi connectivity index (χ4v) is 1.63. The highest BCUT2D eigenvalue weighted by Gasteiger charge is 2.03. The van der Waals surface area contributed by atoms with Crippen molar-refractivity contribution >= 4 is 11.6 Å². The number of amides is 1. The van der Waals surface area contributed by atoms with Crippen LogP contribution in [0.15, 0.2) is 24.3 Å². The molecule has 1 aromatic carbocycles. The van der Waals surface area contributed by atoms with Gasteiger partial charge in [-0.3, -0.25) is 4.79 Å². The van der Waals surface area contributed by atoms with Gasteiger partial charge in [0, 0.05) is 24.8 Å². The molecule has 0 heterocycles. The molecular weight excluding hydrogens is 214 g/mol. The van der Waals surface area contributed by atoms with Gasteiger partial charge in [-0.15, -0.1) is 0 Å². The van der Waals surface area contributed by atoms with Gasteiger partial charge in [0.25, 0.3) is 0 Å². The zero-order chi connectivity index (χ0) is 12.8. The van der Waals surface area contributed by atoms with E-state index in [4.69, 9.17) is 5.73 Å².